The first-order chi connectivity index (χ1) is 16.9. The second-order valence-electron chi connectivity index (χ2n) is 9.96. The van der Waals surface area contributed by atoms with Gasteiger partial charge in [-0.3, -0.25) is 10.1 Å². The molecule has 1 aliphatic heterocycles. The third-order valence-corrected chi connectivity index (χ3v) is 7.12. The largest absolute Gasteiger partial charge is 0.447 e. The van der Waals surface area contributed by atoms with Gasteiger partial charge in [0.05, 0.1) is 23.0 Å². The number of nitrogens with two attached hydrogens (primary N) is 1. The van der Waals surface area contributed by atoms with Crippen molar-refractivity contribution in [2.75, 3.05) is 24.1 Å². The van der Waals surface area contributed by atoms with Crippen LogP contribution in [-0.2, 0) is 4.74 Å². The number of hydrogen-bond donors (Lipinski definition) is 2. The van der Waals surface area contributed by atoms with Crippen LogP contribution in [0.3, 0.4) is 0 Å². The standard InChI is InChI=1S/C28H34N4O3/c1-18(2)35-28(34)30-21-12-9-19(10-13-21)26-25(29)23-14-11-20(27(33)31-15-4-3-5-16-31)17-24(23)32(26)22-7-6-8-22/h9-14,17-18,22H,3-8,15-16,29H2,1-2H3,(H,30,34). The van der Waals surface area contributed by atoms with E-state index in [2.05, 4.69) is 9.88 Å². The second-order valence-corrected chi connectivity index (χ2v) is 9.96. The lowest BCUT2D eigenvalue weighted by molar-refractivity contribution is 0.0724. The van der Waals surface area contributed by atoms with Gasteiger partial charge in [-0.05, 0) is 82.7 Å². The van der Waals surface area contributed by atoms with E-state index in [4.69, 9.17) is 10.5 Å². The molecule has 3 N–H and O–H groups in total. The average Bonchev–Trinajstić information content (AvgIpc) is 3.09. The van der Waals surface area contributed by atoms with Gasteiger partial charge in [-0.15, -0.1) is 0 Å². The van der Waals surface area contributed by atoms with E-state index in [1.807, 2.05) is 61.2 Å². The van der Waals surface area contributed by atoms with Crippen LogP contribution in [0.25, 0.3) is 22.2 Å². The molecule has 0 unspecified atom stereocenters. The van der Waals surface area contributed by atoms with Gasteiger partial charge in [0.2, 0.25) is 0 Å². The van der Waals surface area contributed by atoms with Crippen molar-refractivity contribution in [2.24, 2.45) is 0 Å². The van der Waals surface area contributed by atoms with Crippen molar-refractivity contribution in [2.45, 2.75) is 64.5 Å². The maximum absolute atomic E-state index is 13.2. The SMILES string of the molecule is CC(C)OC(=O)Nc1ccc(-c2c(N)c3ccc(C(=O)N4CCCCC4)cc3n2C2CCC2)cc1. The Morgan fingerprint density at radius 1 is 1.00 bits per heavy atom. The Balaban J connectivity index is 1.51. The molecule has 0 radical (unpaired) electrons. The lowest BCUT2D eigenvalue weighted by atomic mass is 9.92. The number of fused-ring (bicyclic) bond motifs is 1. The number of likely N-dealkylation sites (tertiary alicyclic amines) is 1. The summed E-state index contributed by atoms with van der Waals surface area (Å²) in [6.07, 6.45) is 6.08. The fourth-order valence-corrected chi connectivity index (χ4v) is 5.14. The van der Waals surface area contributed by atoms with E-state index in [9.17, 15) is 9.59 Å². The summed E-state index contributed by atoms with van der Waals surface area (Å²) >= 11 is 0. The van der Waals surface area contributed by atoms with Crippen LogP contribution in [-0.4, -0.2) is 40.7 Å². The molecular weight excluding hydrogens is 440 g/mol. The van der Waals surface area contributed by atoms with Crippen molar-refractivity contribution < 1.29 is 14.3 Å². The second kappa shape index (κ2) is 9.64. The normalized spacial score (nSPS) is 16.4. The van der Waals surface area contributed by atoms with E-state index in [1.165, 1.54) is 12.8 Å². The zero-order chi connectivity index (χ0) is 24.5. The molecule has 0 atom stereocenters. The molecule has 184 valence electrons. The van der Waals surface area contributed by atoms with Crippen LogP contribution in [0, 0.1) is 0 Å². The highest BCUT2D eigenvalue weighted by Crippen LogP contribution is 2.44. The molecule has 1 saturated heterocycles. The first-order valence-electron chi connectivity index (χ1n) is 12.7. The minimum absolute atomic E-state index is 0.108. The Labute approximate surface area is 206 Å². The topological polar surface area (TPSA) is 89.6 Å². The fourth-order valence-electron chi connectivity index (χ4n) is 5.14. The van der Waals surface area contributed by atoms with Crippen LogP contribution in [0.5, 0.6) is 0 Å². The summed E-state index contributed by atoms with van der Waals surface area (Å²) in [5, 5.41) is 3.74. The van der Waals surface area contributed by atoms with Gasteiger partial charge in [-0.2, -0.15) is 0 Å². The van der Waals surface area contributed by atoms with Crippen LogP contribution < -0.4 is 11.1 Å². The maximum atomic E-state index is 13.2. The molecule has 3 aromatic rings. The zero-order valence-electron chi connectivity index (χ0n) is 20.5. The number of carbonyl (C=O) groups excluding carboxylic acids is 2. The molecule has 2 aliphatic rings. The molecule has 35 heavy (non-hydrogen) atoms. The number of benzene rings is 2. The van der Waals surface area contributed by atoms with Crippen molar-refractivity contribution in [1.82, 2.24) is 9.47 Å². The van der Waals surface area contributed by atoms with Gasteiger partial charge in [0.25, 0.3) is 5.91 Å². The van der Waals surface area contributed by atoms with Crippen LogP contribution >= 0.6 is 0 Å². The van der Waals surface area contributed by atoms with Gasteiger partial charge in [0.1, 0.15) is 0 Å². The molecule has 7 heteroatoms. The number of anilines is 2. The predicted molar refractivity (Wildman–Crippen MR) is 140 cm³/mol. The van der Waals surface area contributed by atoms with Crippen LogP contribution in [0.2, 0.25) is 0 Å². The minimum Gasteiger partial charge on any atom is -0.447 e. The molecule has 1 aliphatic carbocycles. The highest BCUT2D eigenvalue weighted by Gasteiger charge is 2.28. The van der Waals surface area contributed by atoms with Crippen molar-refractivity contribution >= 4 is 34.3 Å². The van der Waals surface area contributed by atoms with Crippen molar-refractivity contribution in [3.05, 3.63) is 48.0 Å². The number of nitrogen functional groups attached to an aromatic ring is 1. The molecule has 2 fully saturated rings. The first kappa shape index (κ1) is 23.3. The molecular formula is C28H34N4O3. The molecule has 7 nitrogen and oxygen atoms in total. The highest BCUT2D eigenvalue weighted by atomic mass is 16.6. The summed E-state index contributed by atoms with van der Waals surface area (Å²) in [5.74, 6) is 0.108. The number of nitrogens with one attached hydrogen (secondary N) is 1. The van der Waals surface area contributed by atoms with E-state index < -0.39 is 6.09 Å². The average molecular weight is 475 g/mol. The smallest absolute Gasteiger partial charge is 0.411 e. The number of piperidine rings is 1. The molecule has 5 rings (SSSR count). The van der Waals surface area contributed by atoms with Gasteiger partial charge >= 0.3 is 6.09 Å². The summed E-state index contributed by atoms with van der Waals surface area (Å²) in [5.41, 5.74) is 11.8. The first-order valence-corrected chi connectivity index (χ1v) is 12.7. The molecule has 2 aromatic carbocycles. The van der Waals surface area contributed by atoms with E-state index in [1.54, 1.807) is 0 Å². The third kappa shape index (κ3) is 4.59. The predicted octanol–water partition coefficient (Wildman–Crippen LogP) is 6.20. The molecule has 0 spiro atoms. The summed E-state index contributed by atoms with van der Waals surface area (Å²) in [6, 6.07) is 14.0. The Hall–Kier alpha value is -3.48. The molecule has 1 aromatic heterocycles. The van der Waals surface area contributed by atoms with Crippen molar-refractivity contribution in [3.8, 4) is 11.3 Å². The Morgan fingerprint density at radius 3 is 2.34 bits per heavy atom. The number of amides is 2. The Kier molecular flexibility index (Phi) is 6.41. The highest BCUT2D eigenvalue weighted by molar-refractivity contribution is 6.05. The fraction of sp³-hybridized carbons (Fsp3) is 0.429. The molecule has 2 heterocycles. The third-order valence-electron chi connectivity index (χ3n) is 7.12. The maximum Gasteiger partial charge on any atom is 0.411 e. The summed E-state index contributed by atoms with van der Waals surface area (Å²) in [6.45, 7) is 5.30. The molecule has 0 bridgehead atoms. The van der Waals surface area contributed by atoms with E-state index in [0.29, 0.717) is 11.7 Å². The number of nitrogens with zero attached hydrogens (tertiary/aromatic N) is 2. The van der Waals surface area contributed by atoms with Crippen molar-refractivity contribution in [3.63, 3.8) is 0 Å². The van der Waals surface area contributed by atoms with Gasteiger partial charge in [0.15, 0.2) is 0 Å². The lowest BCUT2D eigenvalue weighted by Gasteiger charge is -2.30. The quantitative estimate of drug-likeness (QED) is 0.461. The lowest BCUT2D eigenvalue weighted by Crippen LogP contribution is -2.35. The van der Waals surface area contributed by atoms with E-state index in [-0.39, 0.29) is 12.0 Å². The van der Waals surface area contributed by atoms with Gasteiger partial charge in [-0.25, -0.2) is 4.79 Å². The Bertz CT molecular complexity index is 1240. The minimum atomic E-state index is -0.471. The van der Waals surface area contributed by atoms with Gasteiger partial charge in [-0.1, -0.05) is 12.1 Å². The number of ether oxygens (including phenoxy) is 1. The number of hydrogen-bond acceptors (Lipinski definition) is 4. The zero-order valence-corrected chi connectivity index (χ0v) is 20.5. The Morgan fingerprint density at radius 2 is 1.71 bits per heavy atom. The summed E-state index contributed by atoms with van der Waals surface area (Å²) in [4.78, 5) is 27.1. The number of aromatic nitrogens is 1. The van der Waals surface area contributed by atoms with Gasteiger partial charge < -0.3 is 19.9 Å². The van der Waals surface area contributed by atoms with Crippen LogP contribution in [0.4, 0.5) is 16.2 Å². The molecule has 2 amide bonds. The monoisotopic (exact) mass is 474 g/mol. The summed E-state index contributed by atoms with van der Waals surface area (Å²) in [7, 11) is 0. The summed E-state index contributed by atoms with van der Waals surface area (Å²) < 4.78 is 7.50. The van der Waals surface area contributed by atoms with Gasteiger partial charge in [0, 0.05) is 41.3 Å². The van der Waals surface area contributed by atoms with E-state index in [0.717, 1.165) is 72.2 Å². The molecule has 1 saturated carbocycles. The number of rotatable bonds is 5. The van der Waals surface area contributed by atoms with E-state index >= 15 is 0 Å². The van der Waals surface area contributed by atoms with Crippen LogP contribution in [0.15, 0.2) is 42.5 Å². The van der Waals surface area contributed by atoms with Crippen molar-refractivity contribution in [1.29, 1.82) is 0 Å². The number of carbonyl (C=O) groups is 2. The van der Waals surface area contributed by atoms with Crippen LogP contribution in [0.1, 0.15) is 68.8 Å².